The van der Waals surface area contributed by atoms with Crippen LogP contribution in [0.4, 0.5) is 0 Å². The zero-order valence-corrected chi connectivity index (χ0v) is 12.5. The normalized spacial score (nSPS) is 22.0. The molecule has 0 aromatic rings. The maximum atomic E-state index is 11.9. The van der Waals surface area contributed by atoms with Crippen molar-refractivity contribution in [2.45, 2.75) is 40.0 Å². The van der Waals surface area contributed by atoms with E-state index in [1.807, 2.05) is 18.7 Å². The molecule has 3 nitrogen and oxygen atoms in total. The molecule has 1 amide bonds. The Bertz CT molecular complexity index is 375. The average Bonchev–Trinajstić information content (AvgIpc) is 2.36. The largest absolute Gasteiger partial charge is 0.341 e. The summed E-state index contributed by atoms with van der Waals surface area (Å²) in [5.41, 5.74) is 0.430. The van der Waals surface area contributed by atoms with Gasteiger partial charge in [0, 0.05) is 30.8 Å². The quantitative estimate of drug-likeness (QED) is 0.711. The number of piperidine rings is 1. The van der Waals surface area contributed by atoms with E-state index in [1.54, 1.807) is 0 Å². The van der Waals surface area contributed by atoms with Crippen molar-refractivity contribution in [3.05, 3.63) is 0 Å². The Morgan fingerprint density at radius 2 is 1.84 bits per heavy atom. The first-order valence-corrected chi connectivity index (χ1v) is 7.53. The molecule has 3 heteroatoms. The number of rotatable bonds is 2. The molecule has 0 saturated carbocycles. The highest BCUT2D eigenvalue weighted by atomic mass is 16.2. The van der Waals surface area contributed by atoms with E-state index in [9.17, 15) is 4.79 Å². The molecule has 0 aromatic carbocycles. The number of hydrogen-bond donors (Lipinski definition) is 0. The van der Waals surface area contributed by atoms with Gasteiger partial charge < -0.3 is 4.90 Å². The molecule has 2 rings (SSSR count). The minimum atomic E-state index is 0.141. The molecule has 106 valence electrons. The summed E-state index contributed by atoms with van der Waals surface area (Å²) in [5, 5.41) is 0. The summed E-state index contributed by atoms with van der Waals surface area (Å²) in [5.74, 6) is 6.82. The van der Waals surface area contributed by atoms with E-state index >= 15 is 0 Å². The van der Waals surface area contributed by atoms with Crippen LogP contribution in [0.15, 0.2) is 0 Å². The van der Waals surface area contributed by atoms with Crippen LogP contribution in [0.25, 0.3) is 0 Å². The minimum absolute atomic E-state index is 0.141. The second-order valence-electron chi connectivity index (χ2n) is 6.33. The molecule has 2 saturated heterocycles. The molecule has 0 aromatic heterocycles. The molecule has 0 aliphatic carbocycles. The van der Waals surface area contributed by atoms with Gasteiger partial charge >= 0.3 is 0 Å². The van der Waals surface area contributed by atoms with Crippen LogP contribution in [0.1, 0.15) is 40.0 Å². The molecule has 0 radical (unpaired) electrons. The zero-order chi connectivity index (χ0) is 13.9. The van der Waals surface area contributed by atoms with E-state index in [1.165, 1.54) is 12.8 Å². The first kappa shape index (κ1) is 14.4. The molecule has 2 heterocycles. The standard InChI is InChI=1S/C16H26N2O/c1-4-5-6-9-17-10-7-16(8-11-17)12-18(13-16)15(19)14(2)3/h14H,4,7-13H2,1-3H3. The third-order valence-electron chi connectivity index (χ3n) is 4.38. The predicted octanol–water partition coefficient (Wildman–Crippen LogP) is 1.98. The lowest BCUT2D eigenvalue weighted by atomic mass is 9.71. The Morgan fingerprint density at radius 1 is 1.21 bits per heavy atom. The second kappa shape index (κ2) is 5.96. The fourth-order valence-corrected chi connectivity index (χ4v) is 3.08. The van der Waals surface area contributed by atoms with Gasteiger partial charge in [-0.15, -0.1) is 5.92 Å². The van der Waals surface area contributed by atoms with Crippen LogP contribution in [0.3, 0.4) is 0 Å². The van der Waals surface area contributed by atoms with Gasteiger partial charge in [-0.2, -0.15) is 0 Å². The van der Waals surface area contributed by atoms with E-state index in [0.29, 0.717) is 11.3 Å². The highest BCUT2D eigenvalue weighted by Crippen LogP contribution is 2.40. The van der Waals surface area contributed by atoms with Gasteiger partial charge in [-0.3, -0.25) is 9.69 Å². The van der Waals surface area contributed by atoms with Gasteiger partial charge in [0.05, 0.1) is 6.54 Å². The maximum absolute atomic E-state index is 11.9. The first-order chi connectivity index (χ1) is 9.06. The van der Waals surface area contributed by atoms with Crippen molar-refractivity contribution in [2.24, 2.45) is 11.3 Å². The number of nitrogens with zero attached hydrogens (tertiary/aromatic N) is 2. The van der Waals surface area contributed by atoms with Crippen LogP contribution in [-0.4, -0.2) is 48.4 Å². The number of carbonyl (C=O) groups excluding carboxylic acids is 1. The zero-order valence-electron chi connectivity index (χ0n) is 12.5. The van der Waals surface area contributed by atoms with Crippen molar-refractivity contribution >= 4 is 5.91 Å². The Morgan fingerprint density at radius 3 is 2.37 bits per heavy atom. The van der Waals surface area contributed by atoms with Crippen molar-refractivity contribution in [1.82, 2.24) is 9.80 Å². The summed E-state index contributed by atoms with van der Waals surface area (Å²) in [6.07, 6.45) is 3.40. The molecule has 0 atom stereocenters. The SMILES string of the molecule is CCC#CCN1CCC2(CC1)CN(C(=O)C(C)C)C2. The van der Waals surface area contributed by atoms with E-state index in [-0.39, 0.29) is 5.92 Å². The molecular weight excluding hydrogens is 236 g/mol. The fraction of sp³-hybridized carbons (Fsp3) is 0.812. The second-order valence-corrected chi connectivity index (χ2v) is 6.33. The Hall–Kier alpha value is -1.01. The number of carbonyl (C=O) groups is 1. The minimum Gasteiger partial charge on any atom is -0.341 e. The van der Waals surface area contributed by atoms with Crippen molar-refractivity contribution in [3.8, 4) is 11.8 Å². The maximum Gasteiger partial charge on any atom is 0.225 e. The summed E-state index contributed by atoms with van der Waals surface area (Å²) in [4.78, 5) is 16.4. The van der Waals surface area contributed by atoms with E-state index < -0.39 is 0 Å². The van der Waals surface area contributed by atoms with Gasteiger partial charge in [0.15, 0.2) is 0 Å². The smallest absolute Gasteiger partial charge is 0.225 e. The van der Waals surface area contributed by atoms with Crippen LogP contribution in [-0.2, 0) is 4.79 Å². The van der Waals surface area contributed by atoms with Gasteiger partial charge in [0.1, 0.15) is 0 Å². The molecule has 2 aliphatic rings. The van der Waals surface area contributed by atoms with E-state index in [2.05, 4.69) is 23.7 Å². The summed E-state index contributed by atoms with van der Waals surface area (Å²) >= 11 is 0. The van der Waals surface area contributed by atoms with Gasteiger partial charge in [-0.1, -0.05) is 26.7 Å². The Labute approximate surface area is 117 Å². The highest BCUT2D eigenvalue weighted by Gasteiger charge is 2.46. The number of hydrogen-bond acceptors (Lipinski definition) is 2. The lowest BCUT2D eigenvalue weighted by molar-refractivity contribution is -0.150. The summed E-state index contributed by atoms with van der Waals surface area (Å²) in [6, 6.07) is 0. The van der Waals surface area contributed by atoms with Gasteiger partial charge in [-0.05, 0) is 25.9 Å². The lowest BCUT2D eigenvalue weighted by Crippen LogP contribution is -2.62. The van der Waals surface area contributed by atoms with Crippen LogP contribution < -0.4 is 0 Å². The fourth-order valence-electron chi connectivity index (χ4n) is 3.08. The third-order valence-corrected chi connectivity index (χ3v) is 4.38. The Balaban J connectivity index is 1.74. The first-order valence-electron chi connectivity index (χ1n) is 7.53. The van der Waals surface area contributed by atoms with Crippen molar-refractivity contribution in [2.75, 3.05) is 32.7 Å². The molecule has 19 heavy (non-hydrogen) atoms. The molecular formula is C16H26N2O. The molecule has 2 fully saturated rings. The van der Waals surface area contributed by atoms with Crippen LogP contribution >= 0.6 is 0 Å². The summed E-state index contributed by atoms with van der Waals surface area (Å²) in [6.45, 7) is 11.2. The lowest BCUT2D eigenvalue weighted by Gasteiger charge is -2.54. The molecule has 0 bridgehead atoms. The molecule has 0 N–H and O–H groups in total. The van der Waals surface area contributed by atoms with Gasteiger partial charge in [-0.25, -0.2) is 0 Å². The van der Waals surface area contributed by atoms with Crippen LogP contribution in [0.5, 0.6) is 0 Å². The number of amides is 1. The number of likely N-dealkylation sites (tertiary alicyclic amines) is 2. The molecule has 1 spiro atoms. The molecule has 2 aliphatic heterocycles. The average molecular weight is 262 g/mol. The van der Waals surface area contributed by atoms with E-state index in [0.717, 1.165) is 39.1 Å². The van der Waals surface area contributed by atoms with Gasteiger partial charge in [0.25, 0.3) is 0 Å². The molecule has 0 unspecified atom stereocenters. The van der Waals surface area contributed by atoms with E-state index in [4.69, 9.17) is 0 Å². The van der Waals surface area contributed by atoms with Gasteiger partial charge in [0.2, 0.25) is 5.91 Å². The topological polar surface area (TPSA) is 23.6 Å². The predicted molar refractivity (Wildman–Crippen MR) is 77.6 cm³/mol. The Kier molecular flexibility index (Phi) is 4.52. The third kappa shape index (κ3) is 3.30. The summed E-state index contributed by atoms with van der Waals surface area (Å²) in [7, 11) is 0. The van der Waals surface area contributed by atoms with Crippen molar-refractivity contribution < 1.29 is 4.79 Å². The monoisotopic (exact) mass is 262 g/mol. The van der Waals surface area contributed by atoms with Crippen molar-refractivity contribution in [1.29, 1.82) is 0 Å². The van der Waals surface area contributed by atoms with Crippen LogP contribution in [0, 0.1) is 23.2 Å². The highest BCUT2D eigenvalue weighted by molar-refractivity contribution is 5.79. The summed E-state index contributed by atoms with van der Waals surface area (Å²) < 4.78 is 0. The van der Waals surface area contributed by atoms with Crippen LogP contribution in [0.2, 0.25) is 0 Å². The van der Waals surface area contributed by atoms with Crippen molar-refractivity contribution in [3.63, 3.8) is 0 Å².